The second-order valence-electron chi connectivity index (χ2n) is 4.18. The monoisotopic (exact) mass is 158 g/mol. The normalized spacial score (nSPS) is 26.8. The Labute approximate surface area is 73.7 Å². The third-order valence-electron chi connectivity index (χ3n) is 3.03. The van der Waals surface area contributed by atoms with Gasteiger partial charge in [0.15, 0.2) is 0 Å². The van der Waals surface area contributed by atoms with Gasteiger partial charge < -0.3 is 0 Å². The summed E-state index contributed by atoms with van der Waals surface area (Å²) >= 11 is 0. The maximum atomic E-state index is 2.28. The van der Waals surface area contributed by atoms with E-state index >= 15 is 0 Å². The maximum Gasteiger partial charge on any atom is -0.0191 e. The van der Waals surface area contributed by atoms with Crippen LogP contribution in [0.1, 0.15) is 25.7 Å². The summed E-state index contributed by atoms with van der Waals surface area (Å²) in [6.07, 6.45) is 14.7. The summed E-state index contributed by atoms with van der Waals surface area (Å²) in [6, 6.07) is 0. The van der Waals surface area contributed by atoms with E-state index in [-0.39, 0.29) is 0 Å². The van der Waals surface area contributed by atoms with E-state index in [1.807, 2.05) is 0 Å². The Bertz CT molecular complexity index is 255. The van der Waals surface area contributed by atoms with Crippen LogP contribution in [0, 0.1) is 11.8 Å². The van der Waals surface area contributed by atoms with E-state index in [0.29, 0.717) is 0 Å². The van der Waals surface area contributed by atoms with Crippen LogP contribution in [0.25, 0.3) is 0 Å². The van der Waals surface area contributed by atoms with Crippen LogP contribution in [0.5, 0.6) is 0 Å². The smallest absolute Gasteiger partial charge is 0.0191 e. The Balaban J connectivity index is 1.97. The van der Waals surface area contributed by atoms with Crippen molar-refractivity contribution in [2.24, 2.45) is 11.8 Å². The molecule has 2 saturated carbocycles. The van der Waals surface area contributed by atoms with E-state index in [1.54, 1.807) is 11.1 Å². The van der Waals surface area contributed by atoms with E-state index < -0.39 is 0 Å². The minimum atomic E-state index is 0.972. The third-order valence-corrected chi connectivity index (χ3v) is 3.03. The van der Waals surface area contributed by atoms with Crippen molar-refractivity contribution < 1.29 is 0 Å². The average molecular weight is 158 g/mol. The first-order valence-corrected chi connectivity index (χ1v) is 5.04. The van der Waals surface area contributed by atoms with E-state index in [0.717, 1.165) is 11.8 Å². The predicted octanol–water partition coefficient (Wildman–Crippen LogP) is 3.23. The molecule has 0 aromatic carbocycles. The van der Waals surface area contributed by atoms with Gasteiger partial charge in [0.05, 0.1) is 0 Å². The van der Waals surface area contributed by atoms with Gasteiger partial charge in [0, 0.05) is 0 Å². The van der Waals surface area contributed by atoms with Gasteiger partial charge in [-0.15, -0.1) is 0 Å². The quantitative estimate of drug-likeness (QED) is 0.578. The topological polar surface area (TPSA) is 0 Å². The molecule has 0 amide bonds. The molecule has 0 saturated heterocycles. The molecule has 0 aromatic heterocycles. The van der Waals surface area contributed by atoms with Gasteiger partial charge in [-0.1, -0.05) is 29.9 Å². The van der Waals surface area contributed by atoms with Gasteiger partial charge in [0.2, 0.25) is 0 Å². The molecule has 0 heterocycles. The third kappa shape index (κ3) is 1.06. The molecule has 3 rings (SSSR count). The summed E-state index contributed by atoms with van der Waals surface area (Å²) < 4.78 is 0. The zero-order valence-electron chi connectivity index (χ0n) is 7.29. The molecule has 62 valence electrons. The molecule has 0 heteroatoms. The summed E-state index contributed by atoms with van der Waals surface area (Å²) in [4.78, 5) is 0. The highest BCUT2D eigenvalue weighted by molar-refractivity contribution is 5.46. The van der Waals surface area contributed by atoms with Gasteiger partial charge in [0.1, 0.15) is 0 Å². The molecular formula is C12H14. The molecular weight excluding hydrogens is 144 g/mol. The highest BCUT2D eigenvalue weighted by Crippen LogP contribution is 2.50. The van der Waals surface area contributed by atoms with Crippen molar-refractivity contribution >= 4 is 0 Å². The molecule has 0 aromatic rings. The second kappa shape index (κ2) is 2.35. The van der Waals surface area contributed by atoms with Crippen LogP contribution in [0.3, 0.4) is 0 Å². The number of hydrogen-bond acceptors (Lipinski definition) is 0. The van der Waals surface area contributed by atoms with Crippen LogP contribution in [0.4, 0.5) is 0 Å². The Morgan fingerprint density at radius 2 is 1.42 bits per heavy atom. The van der Waals surface area contributed by atoms with Crippen molar-refractivity contribution in [3.05, 3.63) is 35.5 Å². The predicted molar refractivity (Wildman–Crippen MR) is 50.8 cm³/mol. The molecule has 3 aliphatic carbocycles. The summed E-state index contributed by atoms with van der Waals surface area (Å²) in [5, 5.41) is 0. The number of allylic oxidation sites excluding steroid dienone is 6. The van der Waals surface area contributed by atoms with Crippen molar-refractivity contribution in [1.29, 1.82) is 0 Å². The SMILES string of the molecule is C1=CC(=C(C2CC2)C2CC2)C=C1. The molecule has 0 atom stereocenters. The fraction of sp³-hybridized carbons (Fsp3) is 0.500. The summed E-state index contributed by atoms with van der Waals surface area (Å²) in [5.74, 6) is 1.94. The Hall–Kier alpha value is -0.780. The molecule has 0 aliphatic heterocycles. The fourth-order valence-corrected chi connectivity index (χ4v) is 2.16. The summed E-state index contributed by atoms with van der Waals surface area (Å²) in [5.41, 5.74) is 3.33. The van der Waals surface area contributed by atoms with Gasteiger partial charge in [-0.25, -0.2) is 0 Å². The van der Waals surface area contributed by atoms with E-state index in [9.17, 15) is 0 Å². The van der Waals surface area contributed by atoms with Crippen LogP contribution >= 0.6 is 0 Å². The lowest BCUT2D eigenvalue weighted by molar-refractivity contribution is 0.848. The van der Waals surface area contributed by atoms with Gasteiger partial charge in [0.25, 0.3) is 0 Å². The van der Waals surface area contributed by atoms with E-state index in [1.165, 1.54) is 25.7 Å². The lowest BCUT2D eigenvalue weighted by atomic mass is 10.00. The Morgan fingerprint density at radius 1 is 0.917 bits per heavy atom. The van der Waals surface area contributed by atoms with E-state index in [4.69, 9.17) is 0 Å². The van der Waals surface area contributed by atoms with Crippen LogP contribution in [-0.2, 0) is 0 Å². The van der Waals surface area contributed by atoms with Crippen molar-refractivity contribution in [2.75, 3.05) is 0 Å². The van der Waals surface area contributed by atoms with Gasteiger partial charge in [-0.3, -0.25) is 0 Å². The van der Waals surface area contributed by atoms with Crippen molar-refractivity contribution in [2.45, 2.75) is 25.7 Å². The van der Waals surface area contributed by atoms with Crippen LogP contribution in [-0.4, -0.2) is 0 Å². The molecule has 0 unspecified atom stereocenters. The molecule has 0 spiro atoms. The Kier molecular flexibility index (Phi) is 1.31. The minimum absolute atomic E-state index is 0.972. The van der Waals surface area contributed by atoms with Gasteiger partial charge in [-0.2, -0.15) is 0 Å². The number of hydrogen-bond donors (Lipinski definition) is 0. The zero-order chi connectivity index (χ0) is 7.97. The first kappa shape index (κ1) is 6.71. The minimum Gasteiger partial charge on any atom is -0.0617 e. The lowest BCUT2D eigenvalue weighted by Gasteiger charge is -2.05. The maximum absolute atomic E-state index is 2.28. The van der Waals surface area contributed by atoms with Crippen molar-refractivity contribution in [3.63, 3.8) is 0 Å². The summed E-state index contributed by atoms with van der Waals surface area (Å²) in [7, 11) is 0. The lowest BCUT2D eigenvalue weighted by Crippen LogP contribution is -1.92. The highest BCUT2D eigenvalue weighted by Gasteiger charge is 2.37. The largest absolute Gasteiger partial charge is 0.0617 e. The molecule has 0 N–H and O–H groups in total. The van der Waals surface area contributed by atoms with Crippen LogP contribution in [0.2, 0.25) is 0 Å². The average Bonchev–Trinajstić information content (AvgIpc) is 2.95. The Morgan fingerprint density at radius 3 is 1.83 bits per heavy atom. The molecule has 2 fully saturated rings. The molecule has 12 heavy (non-hydrogen) atoms. The zero-order valence-corrected chi connectivity index (χ0v) is 7.29. The molecule has 0 bridgehead atoms. The highest BCUT2D eigenvalue weighted by atomic mass is 14.4. The fourth-order valence-electron chi connectivity index (χ4n) is 2.16. The second-order valence-corrected chi connectivity index (χ2v) is 4.18. The van der Waals surface area contributed by atoms with Crippen LogP contribution in [0.15, 0.2) is 35.5 Å². The number of rotatable bonds is 2. The molecule has 0 radical (unpaired) electrons. The molecule has 0 nitrogen and oxygen atoms in total. The van der Waals surface area contributed by atoms with Crippen LogP contribution < -0.4 is 0 Å². The van der Waals surface area contributed by atoms with Gasteiger partial charge in [-0.05, 0) is 43.1 Å². The van der Waals surface area contributed by atoms with Crippen molar-refractivity contribution in [1.82, 2.24) is 0 Å². The standard InChI is InChI=1S/C12H14/c1-2-4-9(3-1)12(10-5-6-10)11-7-8-11/h1-4,10-11H,5-8H2. The first-order valence-electron chi connectivity index (χ1n) is 5.04. The molecule has 3 aliphatic rings. The van der Waals surface area contributed by atoms with E-state index in [2.05, 4.69) is 24.3 Å². The van der Waals surface area contributed by atoms with Crippen molar-refractivity contribution in [3.8, 4) is 0 Å². The van der Waals surface area contributed by atoms with Gasteiger partial charge >= 0.3 is 0 Å². The summed E-state index contributed by atoms with van der Waals surface area (Å²) in [6.45, 7) is 0. The first-order chi connectivity index (χ1) is 5.95.